The summed E-state index contributed by atoms with van der Waals surface area (Å²) >= 11 is 0. The van der Waals surface area contributed by atoms with E-state index in [1.54, 1.807) is 13.2 Å². The number of methoxy groups -OCH3 is 1. The minimum Gasteiger partial charge on any atom is -0.495 e. The quantitative estimate of drug-likeness (QED) is 0.532. The fourth-order valence-electron chi connectivity index (χ4n) is 3.94. The number of nitrogens with one attached hydrogen (secondary N) is 1. The Balaban J connectivity index is 0.00000132. The van der Waals surface area contributed by atoms with E-state index in [2.05, 4.69) is 5.32 Å². The Morgan fingerprint density at radius 2 is 1.81 bits per heavy atom. The third kappa shape index (κ3) is 4.90. The number of carbonyl (C=O) groups is 1. The average molecular weight is 423 g/mol. The molecule has 0 saturated heterocycles. The van der Waals surface area contributed by atoms with Gasteiger partial charge in [-0.25, -0.2) is 4.79 Å². The molecule has 1 aliphatic rings. The molecule has 1 amide bonds. The van der Waals surface area contributed by atoms with Crippen molar-refractivity contribution in [3.05, 3.63) is 59.0 Å². The van der Waals surface area contributed by atoms with Crippen molar-refractivity contribution < 1.29 is 13.9 Å². The fraction of sp³-hybridized carbons (Fsp3) is 0.360. The minimum atomic E-state index is -0.408. The summed E-state index contributed by atoms with van der Waals surface area (Å²) in [5.41, 5.74) is 2.30. The van der Waals surface area contributed by atoms with Gasteiger partial charge in [0.15, 0.2) is 0 Å². The van der Waals surface area contributed by atoms with Gasteiger partial charge in [0.05, 0.1) is 18.5 Å². The summed E-state index contributed by atoms with van der Waals surface area (Å²) in [6.45, 7) is 4.00. The van der Waals surface area contributed by atoms with Crippen LogP contribution < -0.4 is 20.6 Å². The molecule has 31 heavy (non-hydrogen) atoms. The number of ether oxygens (including phenoxy) is 1. The van der Waals surface area contributed by atoms with Gasteiger partial charge >= 0.3 is 5.63 Å². The number of fused-ring (bicyclic) bond motifs is 1. The van der Waals surface area contributed by atoms with E-state index < -0.39 is 5.63 Å². The van der Waals surface area contributed by atoms with Gasteiger partial charge in [0.25, 0.3) is 0 Å². The van der Waals surface area contributed by atoms with E-state index in [4.69, 9.17) is 9.15 Å². The summed E-state index contributed by atoms with van der Waals surface area (Å²) in [7, 11) is 3.46. The van der Waals surface area contributed by atoms with Gasteiger partial charge in [0.2, 0.25) is 5.91 Å². The first-order valence-corrected chi connectivity index (χ1v) is 10.8. The predicted octanol–water partition coefficient (Wildman–Crippen LogP) is 5.72. The number of hydrogen-bond donors (Lipinski definition) is 1. The molecule has 0 bridgehead atoms. The highest BCUT2D eigenvalue weighted by Gasteiger charge is 2.24. The molecule has 0 atom stereocenters. The molecular weight excluding hydrogens is 392 g/mol. The van der Waals surface area contributed by atoms with Crippen LogP contribution in [-0.2, 0) is 4.79 Å². The van der Waals surface area contributed by atoms with Crippen molar-refractivity contribution in [3.63, 3.8) is 0 Å². The smallest absolute Gasteiger partial charge is 0.338 e. The first-order chi connectivity index (χ1) is 15.1. The van der Waals surface area contributed by atoms with Gasteiger partial charge in [0, 0.05) is 30.1 Å². The summed E-state index contributed by atoms with van der Waals surface area (Å²) in [6, 6.07) is 14.5. The Morgan fingerprint density at radius 3 is 2.52 bits per heavy atom. The molecular formula is C25H30N2O4. The second kappa shape index (κ2) is 10.2. The zero-order valence-electron chi connectivity index (χ0n) is 18.6. The summed E-state index contributed by atoms with van der Waals surface area (Å²) in [5, 5.41) is 3.86. The molecule has 1 saturated carbocycles. The van der Waals surface area contributed by atoms with Crippen LogP contribution in [0.5, 0.6) is 5.75 Å². The molecule has 164 valence electrons. The van der Waals surface area contributed by atoms with Crippen molar-refractivity contribution in [2.24, 2.45) is 5.92 Å². The fourth-order valence-corrected chi connectivity index (χ4v) is 3.94. The molecule has 1 N–H and O–H groups in total. The minimum absolute atomic E-state index is 0.0337. The van der Waals surface area contributed by atoms with Crippen LogP contribution in [0.2, 0.25) is 0 Å². The molecule has 0 aliphatic heterocycles. The molecule has 1 aliphatic carbocycles. The maximum absolute atomic E-state index is 12.6. The van der Waals surface area contributed by atoms with Crippen LogP contribution in [0, 0.1) is 5.92 Å². The molecule has 6 heteroatoms. The topological polar surface area (TPSA) is 71.8 Å². The Morgan fingerprint density at radius 1 is 1.10 bits per heavy atom. The standard InChI is InChI=1S/C23H24N2O4.C2H6/c1-25(19-14-22(26)29-20-10-6-5-9-17(19)20)16-11-12-21(28-2)18(13-16)24-23(27)15-7-3-4-8-15;1-2/h5-6,9-15H,3-4,7-8H2,1-2H3,(H,24,27);1-2H3. The summed E-state index contributed by atoms with van der Waals surface area (Å²) < 4.78 is 10.7. The van der Waals surface area contributed by atoms with Gasteiger partial charge in [-0.05, 0) is 43.2 Å². The lowest BCUT2D eigenvalue weighted by atomic mass is 10.1. The maximum Gasteiger partial charge on any atom is 0.338 e. The van der Waals surface area contributed by atoms with Crippen LogP contribution >= 0.6 is 0 Å². The number of hydrogen-bond acceptors (Lipinski definition) is 5. The summed E-state index contributed by atoms with van der Waals surface area (Å²) in [4.78, 5) is 26.6. The number of rotatable bonds is 5. The van der Waals surface area contributed by atoms with Gasteiger partial charge in [0.1, 0.15) is 11.3 Å². The highest BCUT2D eigenvalue weighted by atomic mass is 16.5. The van der Waals surface area contributed by atoms with Crippen molar-refractivity contribution in [3.8, 4) is 5.75 Å². The Kier molecular flexibility index (Phi) is 7.34. The largest absolute Gasteiger partial charge is 0.495 e. The van der Waals surface area contributed by atoms with Gasteiger partial charge in [-0.15, -0.1) is 0 Å². The molecule has 0 radical (unpaired) electrons. The molecule has 4 rings (SSSR count). The van der Waals surface area contributed by atoms with Gasteiger partial charge in [-0.3, -0.25) is 4.79 Å². The lowest BCUT2D eigenvalue weighted by Gasteiger charge is -2.22. The lowest BCUT2D eigenvalue weighted by molar-refractivity contribution is -0.119. The molecule has 1 aromatic heterocycles. The number of nitrogens with zero attached hydrogens (tertiary/aromatic N) is 1. The number of carbonyl (C=O) groups excluding carboxylic acids is 1. The van der Waals surface area contributed by atoms with E-state index in [1.165, 1.54) is 6.07 Å². The zero-order valence-corrected chi connectivity index (χ0v) is 18.6. The summed E-state index contributed by atoms with van der Waals surface area (Å²) in [6.07, 6.45) is 4.06. The van der Waals surface area contributed by atoms with E-state index in [0.717, 1.165) is 42.4 Å². The van der Waals surface area contributed by atoms with Gasteiger partial charge in [-0.2, -0.15) is 0 Å². The zero-order chi connectivity index (χ0) is 22.4. The predicted molar refractivity (Wildman–Crippen MR) is 125 cm³/mol. The third-order valence-electron chi connectivity index (χ3n) is 5.54. The molecule has 0 spiro atoms. The van der Waals surface area contributed by atoms with E-state index in [1.807, 2.05) is 62.2 Å². The van der Waals surface area contributed by atoms with Crippen molar-refractivity contribution in [1.29, 1.82) is 0 Å². The lowest BCUT2D eigenvalue weighted by Crippen LogP contribution is -2.21. The average Bonchev–Trinajstić information content (AvgIpc) is 3.34. The molecule has 3 aromatic rings. The van der Waals surface area contributed by atoms with Gasteiger partial charge < -0.3 is 19.4 Å². The Labute approximate surface area is 182 Å². The van der Waals surface area contributed by atoms with Crippen LogP contribution in [0.25, 0.3) is 11.0 Å². The van der Waals surface area contributed by atoms with Crippen LogP contribution in [-0.4, -0.2) is 20.1 Å². The van der Waals surface area contributed by atoms with Crippen molar-refractivity contribution in [2.45, 2.75) is 39.5 Å². The first-order valence-electron chi connectivity index (χ1n) is 10.8. The number of amides is 1. The van der Waals surface area contributed by atoms with Gasteiger partial charge in [-0.1, -0.05) is 38.8 Å². The SMILES string of the molecule is CC.COc1ccc(N(C)c2cc(=O)oc3ccccc23)cc1NC(=O)C1CCCC1. The second-order valence-corrected chi connectivity index (χ2v) is 7.36. The summed E-state index contributed by atoms with van der Waals surface area (Å²) in [5.74, 6) is 0.695. The first kappa shape index (κ1) is 22.4. The Hall–Kier alpha value is -3.28. The molecule has 1 fully saturated rings. The second-order valence-electron chi connectivity index (χ2n) is 7.36. The highest BCUT2D eigenvalue weighted by Crippen LogP contribution is 2.35. The monoisotopic (exact) mass is 422 g/mol. The van der Waals surface area contributed by atoms with Crippen LogP contribution in [0.1, 0.15) is 39.5 Å². The molecule has 6 nitrogen and oxygen atoms in total. The highest BCUT2D eigenvalue weighted by molar-refractivity contribution is 5.96. The van der Waals surface area contributed by atoms with Crippen LogP contribution in [0.15, 0.2) is 57.7 Å². The van der Waals surface area contributed by atoms with E-state index in [-0.39, 0.29) is 11.8 Å². The maximum atomic E-state index is 12.6. The van der Waals surface area contributed by atoms with Crippen molar-refractivity contribution in [1.82, 2.24) is 0 Å². The molecule has 0 unspecified atom stereocenters. The van der Waals surface area contributed by atoms with E-state index in [9.17, 15) is 9.59 Å². The van der Waals surface area contributed by atoms with Crippen LogP contribution in [0.4, 0.5) is 17.1 Å². The van der Waals surface area contributed by atoms with Crippen LogP contribution in [0.3, 0.4) is 0 Å². The number of para-hydroxylation sites is 1. The third-order valence-corrected chi connectivity index (χ3v) is 5.54. The molecule has 1 heterocycles. The Bertz CT molecular complexity index is 1100. The molecule has 2 aromatic carbocycles. The number of anilines is 3. The number of benzene rings is 2. The van der Waals surface area contributed by atoms with Crippen molar-refractivity contribution in [2.75, 3.05) is 24.4 Å². The van der Waals surface area contributed by atoms with Crippen molar-refractivity contribution >= 4 is 33.9 Å². The van der Waals surface area contributed by atoms with E-state index in [0.29, 0.717) is 17.0 Å². The normalized spacial score (nSPS) is 13.4. The van der Waals surface area contributed by atoms with E-state index >= 15 is 0 Å².